The van der Waals surface area contributed by atoms with Gasteiger partial charge in [-0.3, -0.25) is 9.59 Å². The van der Waals surface area contributed by atoms with Gasteiger partial charge in [0.25, 0.3) is 5.91 Å². The van der Waals surface area contributed by atoms with Gasteiger partial charge in [0.05, 0.1) is 4.88 Å². The monoisotopic (exact) mass is 343 g/mol. The molecule has 0 aliphatic carbocycles. The Morgan fingerprint density at radius 2 is 2.04 bits per heavy atom. The van der Waals surface area contributed by atoms with Crippen molar-refractivity contribution in [2.45, 2.75) is 25.3 Å². The highest BCUT2D eigenvalue weighted by molar-refractivity contribution is 7.12. The third-order valence-electron chi connectivity index (χ3n) is 4.24. The summed E-state index contributed by atoms with van der Waals surface area (Å²) in [7, 11) is 0. The number of likely N-dealkylation sites (tertiary alicyclic amines) is 1. The van der Waals surface area contributed by atoms with Crippen LogP contribution in [0, 0.1) is 0 Å². The van der Waals surface area contributed by atoms with E-state index in [1.807, 2.05) is 35.7 Å². The van der Waals surface area contributed by atoms with E-state index in [2.05, 4.69) is 5.32 Å². The summed E-state index contributed by atoms with van der Waals surface area (Å²) in [5.41, 5.74) is 7.52. The molecule has 1 atom stereocenters. The highest BCUT2D eigenvalue weighted by Gasteiger charge is 2.34. The van der Waals surface area contributed by atoms with Crippen LogP contribution < -0.4 is 11.1 Å². The largest absolute Gasteiger partial charge is 0.399 e. The molecule has 2 amide bonds. The van der Waals surface area contributed by atoms with Gasteiger partial charge in [0, 0.05) is 18.8 Å². The van der Waals surface area contributed by atoms with Crippen molar-refractivity contribution < 1.29 is 9.59 Å². The van der Waals surface area contributed by atoms with Crippen LogP contribution in [0.1, 0.15) is 28.1 Å². The number of nitrogens with zero attached hydrogens (tertiary/aromatic N) is 1. The number of carbonyl (C=O) groups excluding carboxylic acids is 2. The lowest BCUT2D eigenvalue weighted by atomic mass is 10.1. The predicted molar refractivity (Wildman–Crippen MR) is 95.9 cm³/mol. The lowest BCUT2D eigenvalue weighted by Gasteiger charge is -2.23. The fourth-order valence-corrected chi connectivity index (χ4v) is 3.64. The Morgan fingerprint density at radius 3 is 2.75 bits per heavy atom. The first-order valence-corrected chi connectivity index (χ1v) is 9.00. The van der Waals surface area contributed by atoms with Gasteiger partial charge < -0.3 is 16.0 Å². The summed E-state index contributed by atoms with van der Waals surface area (Å²) in [5.74, 6) is -0.103. The van der Waals surface area contributed by atoms with Crippen LogP contribution in [0.5, 0.6) is 0 Å². The summed E-state index contributed by atoms with van der Waals surface area (Å²) in [4.78, 5) is 27.3. The van der Waals surface area contributed by atoms with E-state index >= 15 is 0 Å². The maximum absolute atomic E-state index is 12.5. The first kappa shape index (κ1) is 16.5. The second kappa shape index (κ2) is 7.49. The summed E-state index contributed by atoms with van der Waals surface area (Å²) < 4.78 is 0. The quantitative estimate of drug-likeness (QED) is 0.818. The van der Waals surface area contributed by atoms with Gasteiger partial charge in [-0.2, -0.15) is 0 Å². The Labute approximate surface area is 145 Å². The van der Waals surface area contributed by atoms with Gasteiger partial charge in [0.1, 0.15) is 6.04 Å². The summed E-state index contributed by atoms with van der Waals surface area (Å²) in [6.07, 6.45) is 2.34. The molecule has 5 nitrogen and oxygen atoms in total. The average molecular weight is 343 g/mol. The van der Waals surface area contributed by atoms with Crippen LogP contribution in [-0.4, -0.2) is 35.8 Å². The number of rotatable bonds is 5. The number of anilines is 1. The van der Waals surface area contributed by atoms with Gasteiger partial charge in [0.2, 0.25) is 5.91 Å². The third-order valence-corrected chi connectivity index (χ3v) is 5.10. The molecule has 3 rings (SSSR count). The van der Waals surface area contributed by atoms with Gasteiger partial charge >= 0.3 is 0 Å². The normalized spacial score (nSPS) is 17.0. The van der Waals surface area contributed by atoms with Crippen molar-refractivity contribution in [3.8, 4) is 0 Å². The van der Waals surface area contributed by atoms with Crippen molar-refractivity contribution in [3.05, 3.63) is 52.2 Å². The van der Waals surface area contributed by atoms with Crippen molar-refractivity contribution in [2.24, 2.45) is 0 Å². The molecule has 0 saturated carbocycles. The number of nitrogen functional groups attached to an aromatic ring is 1. The molecule has 1 unspecified atom stereocenters. The van der Waals surface area contributed by atoms with E-state index in [1.165, 1.54) is 11.3 Å². The Kier molecular flexibility index (Phi) is 5.15. The molecule has 1 fully saturated rings. The highest BCUT2D eigenvalue weighted by atomic mass is 32.1. The first-order chi connectivity index (χ1) is 11.6. The molecule has 2 heterocycles. The molecule has 1 aromatic heterocycles. The van der Waals surface area contributed by atoms with Crippen molar-refractivity contribution in [2.75, 3.05) is 18.8 Å². The smallest absolute Gasteiger partial charge is 0.264 e. The number of amides is 2. The number of benzene rings is 1. The molecular formula is C18H21N3O2S. The Balaban J connectivity index is 1.54. The SMILES string of the molecule is Nc1ccc(CCNC(=O)C2CCCN2C(=O)c2cccs2)cc1. The lowest BCUT2D eigenvalue weighted by molar-refractivity contribution is -0.124. The fourth-order valence-electron chi connectivity index (χ4n) is 2.96. The van der Waals surface area contributed by atoms with Gasteiger partial charge in [-0.25, -0.2) is 0 Å². The van der Waals surface area contributed by atoms with Crippen LogP contribution in [0.4, 0.5) is 5.69 Å². The molecule has 126 valence electrons. The standard InChI is InChI=1S/C18H21N3O2S/c19-14-7-5-13(6-8-14)9-10-20-17(22)15-3-1-11-21(15)18(23)16-4-2-12-24-16/h2,4-8,12,15H,1,3,9-11,19H2,(H,20,22). The number of hydrogen-bond acceptors (Lipinski definition) is 4. The van der Waals surface area contributed by atoms with Crippen molar-refractivity contribution >= 4 is 28.8 Å². The van der Waals surface area contributed by atoms with Crippen molar-refractivity contribution in [3.63, 3.8) is 0 Å². The summed E-state index contributed by atoms with van der Waals surface area (Å²) >= 11 is 1.41. The zero-order valence-corrected chi connectivity index (χ0v) is 14.2. The topological polar surface area (TPSA) is 75.4 Å². The van der Waals surface area contributed by atoms with E-state index in [1.54, 1.807) is 11.0 Å². The molecule has 6 heteroatoms. The molecule has 0 spiro atoms. The predicted octanol–water partition coefficient (Wildman–Crippen LogP) is 2.29. The first-order valence-electron chi connectivity index (χ1n) is 8.12. The van der Waals surface area contributed by atoms with Crippen molar-refractivity contribution in [1.82, 2.24) is 10.2 Å². The minimum Gasteiger partial charge on any atom is -0.399 e. The number of nitrogens with one attached hydrogen (secondary N) is 1. The maximum Gasteiger partial charge on any atom is 0.264 e. The van der Waals surface area contributed by atoms with E-state index < -0.39 is 0 Å². The Bertz CT molecular complexity index is 698. The molecule has 0 radical (unpaired) electrons. The van der Waals surface area contributed by atoms with E-state index in [9.17, 15) is 9.59 Å². The molecular weight excluding hydrogens is 322 g/mol. The fraction of sp³-hybridized carbons (Fsp3) is 0.333. The van der Waals surface area contributed by atoms with Crippen LogP contribution >= 0.6 is 11.3 Å². The van der Waals surface area contributed by atoms with Gasteiger partial charge in [0.15, 0.2) is 0 Å². The average Bonchev–Trinajstić information content (AvgIpc) is 3.27. The number of carbonyl (C=O) groups is 2. The molecule has 0 bridgehead atoms. The zero-order valence-electron chi connectivity index (χ0n) is 13.4. The van der Waals surface area contributed by atoms with Gasteiger partial charge in [-0.1, -0.05) is 18.2 Å². The van der Waals surface area contributed by atoms with Crippen LogP contribution in [0.15, 0.2) is 41.8 Å². The minimum atomic E-state index is -0.356. The number of thiophene rings is 1. The van der Waals surface area contributed by atoms with Gasteiger partial charge in [-0.05, 0) is 48.4 Å². The van der Waals surface area contributed by atoms with Crippen LogP contribution in [0.2, 0.25) is 0 Å². The van der Waals surface area contributed by atoms with Crippen LogP contribution in [0.3, 0.4) is 0 Å². The third kappa shape index (κ3) is 3.76. The second-order valence-corrected chi connectivity index (χ2v) is 6.86. The summed E-state index contributed by atoms with van der Waals surface area (Å²) in [6.45, 7) is 1.20. The molecule has 2 aromatic rings. The molecule has 1 aliphatic rings. The second-order valence-electron chi connectivity index (χ2n) is 5.92. The maximum atomic E-state index is 12.5. The van der Waals surface area contributed by atoms with E-state index in [0.29, 0.717) is 18.0 Å². The lowest BCUT2D eigenvalue weighted by Crippen LogP contribution is -2.46. The molecule has 24 heavy (non-hydrogen) atoms. The molecule has 1 aliphatic heterocycles. The molecule has 3 N–H and O–H groups in total. The zero-order chi connectivity index (χ0) is 16.9. The Hall–Kier alpha value is -2.34. The van der Waals surface area contributed by atoms with Crippen molar-refractivity contribution in [1.29, 1.82) is 0 Å². The Morgan fingerprint density at radius 1 is 1.25 bits per heavy atom. The van der Waals surface area contributed by atoms with E-state index in [4.69, 9.17) is 5.73 Å². The van der Waals surface area contributed by atoms with Crippen LogP contribution in [0.25, 0.3) is 0 Å². The minimum absolute atomic E-state index is 0.0406. The van der Waals surface area contributed by atoms with E-state index in [0.717, 1.165) is 30.5 Å². The number of nitrogens with two attached hydrogens (primary N) is 1. The molecule has 1 saturated heterocycles. The van der Waals surface area contributed by atoms with E-state index in [-0.39, 0.29) is 17.9 Å². The summed E-state index contributed by atoms with van der Waals surface area (Å²) in [6, 6.07) is 10.9. The number of hydrogen-bond donors (Lipinski definition) is 2. The van der Waals surface area contributed by atoms with Crippen LogP contribution in [-0.2, 0) is 11.2 Å². The molecule has 1 aromatic carbocycles. The highest BCUT2D eigenvalue weighted by Crippen LogP contribution is 2.22. The van der Waals surface area contributed by atoms with Gasteiger partial charge in [-0.15, -0.1) is 11.3 Å². The summed E-state index contributed by atoms with van der Waals surface area (Å²) in [5, 5.41) is 4.84.